The molecule has 0 heterocycles. The molecule has 1 rings (SSSR count). The van der Waals surface area contributed by atoms with Crippen LogP contribution >= 0.6 is 0 Å². The Morgan fingerprint density at radius 2 is 1.50 bits per heavy atom. The van der Waals surface area contributed by atoms with E-state index in [9.17, 15) is 0 Å². The molecule has 0 bridgehead atoms. The summed E-state index contributed by atoms with van der Waals surface area (Å²) in [5, 5.41) is 8.63. The number of phenolic OH excluding ortho intramolecular Hbond substituents is 1. The SMILES string of the molecule is Oc1ccccc1.[BaH2]. The van der Waals surface area contributed by atoms with Crippen LogP contribution in [0.15, 0.2) is 30.3 Å². The van der Waals surface area contributed by atoms with Crippen LogP contribution in [0, 0.1) is 0 Å². The van der Waals surface area contributed by atoms with Crippen LogP contribution in [0.2, 0.25) is 0 Å². The monoisotopic (exact) mass is 234 g/mol. The van der Waals surface area contributed by atoms with Crippen molar-refractivity contribution in [1.82, 2.24) is 0 Å². The van der Waals surface area contributed by atoms with Crippen molar-refractivity contribution >= 4 is 48.9 Å². The third-order valence-corrected chi connectivity index (χ3v) is 0.756. The fourth-order valence-corrected chi connectivity index (χ4v) is 0.428. The Balaban J connectivity index is 0.000000490. The van der Waals surface area contributed by atoms with Gasteiger partial charge in [-0.25, -0.2) is 0 Å². The van der Waals surface area contributed by atoms with Gasteiger partial charge in [0.05, 0.1) is 0 Å². The van der Waals surface area contributed by atoms with E-state index in [2.05, 4.69) is 0 Å². The second-order valence-corrected chi connectivity index (χ2v) is 1.34. The van der Waals surface area contributed by atoms with Crippen LogP contribution in [0.3, 0.4) is 0 Å². The van der Waals surface area contributed by atoms with Gasteiger partial charge in [-0.3, -0.25) is 0 Å². The zero-order chi connectivity index (χ0) is 5.11. The molecule has 0 radical (unpaired) electrons. The van der Waals surface area contributed by atoms with Gasteiger partial charge in [-0.15, -0.1) is 0 Å². The van der Waals surface area contributed by atoms with E-state index in [1.165, 1.54) is 0 Å². The normalized spacial score (nSPS) is 7.50. The first kappa shape index (κ1) is 8.59. The number of para-hydroxylation sites is 1. The summed E-state index contributed by atoms with van der Waals surface area (Å²) >= 11 is 0. The number of aromatic hydroxyl groups is 1. The first-order valence-electron chi connectivity index (χ1n) is 2.13. The van der Waals surface area contributed by atoms with Crippen molar-refractivity contribution in [2.75, 3.05) is 0 Å². The van der Waals surface area contributed by atoms with Crippen LogP contribution < -0.4 is 0 Å². The van der Waals surface area contributed by atoms with Crippen molar-refractivity contribution in [3.05, 3.63) is 30.3 Å². The minimum absolute atomic E-state index is 0. The van der Waals surface area contributed by atoms with E-state index < -0.39 is 0 Å². The molecule has 0 saturated carbocycles. The predicted molar refractivity (Wildman–Crippen MR) is 36.7 cm³/mol. The van der Waals surface area contributed by atoms with Crippen molar-refractivity contribution < 1.29 is 5.11 Å². The summed E-state index contributed by atoms with van der Waals surface area (Å²) in [7, 11) is 0. The van der Waals surface area contributed by atoms with Crippen molar-refractivity contribution in [3.63, 3.8) is 0 Å². The van der Waals surface area contributed by atoms with Crippen molar-refractivity contribution in [3.8, 4) is 5.75 Å². The van der Waals surface area contributed by atoms with E-state index in [1.807, 2.05) is 6.07 Å². The van der Waals surface area contributed by atoms with Gasteiger partial charge in [-0.2, -0.15) is 0 Å². The molecule has 1 aromatic rings. The van der Waals surface area contributed by atoms with Crippen LogP contribution in [-0.2, 0) is 0 Å². The maximum absolute atomic E-state index is 8.63. The Kier molecular flexibility index (Phi) is 4.80. The van der Waals surface area contributed by atoms with Gasteiger partial charge in [0.1, 0.15) is 5.75 Å². The summed E-state index contributed by atoms with van der Waals surface area (Å²) in [6.45, 7) is 0. The molecule has 0 atom stereocenters. The number of rotatable bonds is 0. The fourth-order valence-electron chi connectivity index (χ4n) is 0.428. The molecule has 0 unspecified atom stereocenters. The van der Waals surface area contributed by atoms with E-state index in [0.29, 0.717) is 5.75 Å². The molecule has 1 nitrogen and oxygen atoms in total. The van der Waals surface area contributed by atoms with Crippen LogP contribution in [0.25, 0.3) is 0 Å². The van der Waals surface area contributed by atoms with Gasteiger partial charge in [0, 0.05) is 0 Å². The standard InChI is InChI=1S/C6H6O.Ba.2H/c7-6-4-2-1-3-5-6;;;/h1-5,7H;;;. The third-order valence-electron chi connectivity index (χ3n) is 0.756. The van der Waals surface area contributed by atoms with Crippen LogP contribution in [0.4, 0.5) is 0 Å². The molecule has 0 spiro atoms. The van der Waals surface area contributed by atoms with Crippen LogP contribution in [0.5, 0.6) is 5.75 Å². The second kappa shape index (κ2) is 4.47. The zero-order valence-corrected chi connectivity index (χ0v) is 3.83. The molecule has 0 aliphatic rings. The summed E-state index contributed by atoms with van der Waals surface area (Å²) < 4.78 is 0. The summed E-state index contributed by atoms with van der Waals surface area (Å²) in [5.41, 5.74) is 0. The Hall–Kier alpha value is 0.591. The molecule has 0 saturated heterocycles. The minimum atomic E-state index is 0. The van der Waals surface area contributed by atoms with Crippen LogP contribution in [-0.4, -0.2) is 54.0 Å². The molecule has 2 heteroatoms. The van der Waals surface area contributed by atoms with E-state index >= 15 is 0 Å². The number of phenols is 1. The molecule has 40 valence electrons. The fraction of sp³-hybridized carbons (Fsp3) is 0. The molecule has 0 aromatic heterocycles. The van der Waals surface area contributed by atoms with Crippen molar-refractivity contribution in [2.45, 2.75) is 0 Å². The van der Waals surface area contributed by atoms with Crippen molar-refractivity contribution in [1.29, 1.82) is 0 Å². The Labute approximate surface area is 88.8 Å². The predicted octanol–water partition coefficient (Wildman–Crippen LogP) is 0.476. The molecular weight excluding hydrogens is 225 g/mol. The molecule has 0 amide bonds. The van der Waals surface area contributed by atoms with Crippen molar-refractivity contribution in [2.24, 2.45) is 0 Å². The van der Waals surface area contributed by atoms with E-state index in [-0.39, 0.29) is 48.9 Å². The quantitative estimate of drug-likeness (QED) is 0.646. The van der Waals surface area contributed by atoms with E-state index in [0.717, 1.165) is 0 Å². The Morgan fingerprint density at radius 1 is 1.00 bits per heavy atom. The summed E-state index contributed by atoms with van der Waals surface area (Å²) in [6, 6.07) is 8.71. The topological polar surface area (TPSA) is 20.2 Å². The molecular formula is C6H8BaO. The van der Waals surface area contributed by atoms with E-state index in [1.54, 1.807) is 24.3 Å². The second-order valence-electron chi connectivity index (χ2n) is 1.34. The third kappa shape index (κ3) is 2.79. The first-order chi connectivity index (χ1) is 3.39. The average molecular weight is 233 g/mol. The Bertz CT molecular complexity index is 138. The Morgan fingerprint density at radius 3 is 1.75 bits per heavy atom. The molecule has 0 aliphatic heterocycles. The summed E-state index contributed by atoms with van der Waals surface area (Å²) in [5.74, 6) is 0.322. The molecule has 1 aromatic carbocycles. The van der Waals surface area contributed by atoms with Gasteiger partial charge in [-0.1, -0.05) is 18.2 Å². The van der Waals surface area contributed by atoms with Gasteiger partial charge in [0.2, 0.25) is 0 Å². The molecule has 0 aliphatic carbocycles. The van der Waals surface area contributed by atoms with E-state index in [4.69, 9.17) is 5.11 Å². The van der Waals surface area contributed by atoms with Gasteiger partial charge in [0.25, 0.3) is 0 Å². The van der Waals surface area contributed by atoms with Gasteiger partial charge < -0.3 is 5.11 Å². The number of benzene rings is 1. The zero-order valence-electron chi connectivity index (χ0n) is 3.83. The maximum atomic E-state index is 8.63. The van der Waals surface area contributed by atoms with Gasteiger partial charge in [-0.05, 0) is 12.1 Å². The van der Waals surface area contributed by atoms with Crippen LogP contribution in [0.1, 0.15) is 0 Å². The molecule has 1 N–H and O–H groups in total. The van der Waals surface area contributed by atoms with Gasteiger partial charge >= 0.3 is 48.9 Å². The molecule has 8 heavy (non-hydrogen) atoms. The summed E-state index contributed by atoms with van der Waals surface area (Å²) in [4.78, 5) is 0. The first-order valence-corrected chi connectivity index (χ1v) is 2.13. The number of hydrogen-bond acceptors (Lipinski definition) is 1. The summed E-state index contributed by atoms with van der Waals surface area (Å²) in [6.07, 6.45) is 0. The average Bonchev–Trinajstić information content (AvgIpc) is 1.69. The number of hydrogen-bond donors (Lipinski definition) is 1. The molecule has 0 fully saturated rings. The van der Waals surface area contributed by atoms with Gasteiger partial charge in [0.15, 0.2) is 0 Å².